The predicted molar refractivity (Wildman–Crippen MR) is 74.6 cm³/mol. The minimum Gasteiger partial charge on any atom is -0.497 e. The van der Waals surface area contributed by atoms with Gasteiger partial charge in [0.2, 0.25) is 5.91 Å². The Kier molecular flexibility index (Phi) is 6.17. The number of nitrogens with one attached hydrogen (secondary N) is 1. The largest absolute Gasteiger partial charge is 0.497 e. The number of hydrogen-bond acceptors (Lipinski definition) is 5. The molecule has 19 heavy (non-hydrogen) atoms. The topological polar surface area (TPSA) is 102 Å². The standard InChI is InChI=1S/C12H16N2O4S/c1-18-9-4-2-3-8(5-9)14-11(15)7-19-6-10(13)12(16)17/h2-5,10H,6-7,13H2,1H3,(H,14,15)(H,16,17)/t10-/m1/s1. The van der Waals surface area contributed by atoms with Gasteiger partial charge in [0.1, 0.15) is 11.8 Å². The number of hydrogen-bond donors (Lipinski definition) is 3. The number of carboxylic acids is 1. The number of thioether (sulfide) groups is 1. The lowest BCUT2D eigenvalue weighted by Gasteiger charge is -2.08. The van der Waals surface area contributed by atoms with Crippen molar-refractivity contribution in [2.45, 2.75) is 6.04 Å². The van der Waals surface area contributed by atoms with Crippen LogP contribution >= 0.6 is 11.8 Å². The van der Waals surface area contributed by atoms with Crippen LogP contribution in [0.4, 0.5) is 5.69 Å². The second kappa shape index (κ2) is 7.65. The molecule has 0 aliphatic carbocycles. The Labute approximate surface area is 115 Å². The van der Waals surface area contributed by atoms with Crippen molar-refractivity contribution in [1.82, 2.24) is 0 Å². The summed E-state index contributed by atoms with van der Waals surface area (Å²) in [6, 6.07) is 6.03. The van der Waals surface area contributed by atoms with Gasteiger partial charge >= 0.3 is 5.97 Å². The number of carbonyl (C=O) groups is 2. The number of amides is 1. The molecular formula is C12H16N2O4S. The summed E-state index contributed by atoms with van der Waals surface area (Å²) in [7, 11) is 1.55. The Morgan fingerprint density at radius 3 is 2.89 bits per heavy atom. The summed E-state index contributed by atoms with van der Waals surface area (Å²) in [5.41, 5.74) is 5.96. The summed E-state index contributed by atoms with van der Waals surface area (Å²) < 4.78 is 5.04. The van der Waals surface area contributed by atoms with E-state index in [-0.39, 0.29) is 17.4 Å². The molecule has 0 aliphatic rings. The number of rotatable bonds is 7. The summed E-state index contributed by atoms with van der Waals surface area (Å²) in [6.07, 6.45) is 0. The molecule has 0 unspecified atom stereocenters. The second-order valence-electron chi connectivity index (χ2n) is 3.74. The molecule has 1 aromatic carbocycles. The number of ether oxygens (including phenoxy) is 1. The molecule has 6 nitrogen and oxygen atoms in total. The molecule has 7 heteroatoms. The fourth-order valence-corrected chi connectivity index (χ4v) is 2.02. The lowest BCUT2D eigenvalue weighted by Crippen LogP contribution is -2.33. The van der Waals surface area contributed by atoms with E-state index >= 15 is 0 Å². The van der Waals surface area contributed by atoms with E-state index in [1.165, 1.54) is 11.8 Å². The van der Waals surface area contributed by atoms with Crippen LogP contribution in [0.3, 0.4) is 0 Å². The highest BCUT2D eigenvalue weighted by Gasteiger charge is 2.12. The Morgan fingerprint density at radius 2 is 2.26 bits per heavy atom. The van der Waals surface area contributed by atoms with Gasteiger partial charge in [0.25, 0.3) is 0 Å². The van der Waals surface area contributed by atoms with Crippen molar-refractivity contribution in [3.8, 4) is 5.75 Å². The van der Waals surface area contributed by atoms with E-state index in [4.69, 9.17) is 15.6 Å². The molecule has 0 heterocycles. The minimum absolute atomic E-state index is 0.151. The quantitative estimate of drug-likeness (QED) is 0.684. The molecule has 0 saturated carbocycles. The molecule has 0 bridgehead atoms. The molecule has 1 aromatic rings. The van der Waals surface area contributed by atoms with Gasteiger partial charge in [-0.1, -0.05) is 6.07 Å². The molecule has 0 fully saturated rings. The SMILES string of the molecule is COc1cccc(NC(=O)CSC[C@@H](N)C(=O)O)c1. The average Bonchev–Trinajstić information content (AvgIpc) is 2.38. The zero-order valence-electron chi connectivity index (χ0n) is 10.5. The Hall–Kier alpha value is -1.73. The van der Waals surface area contributed by atoms with E-state index in [9.17, 15) is 9.59 Å². The zero-order valence-corrected chi connectivity index (χ0v) is 11.3. The monoisotopic (exact) mass is 284 g/mol. The summed E-state index contributed by atoms with van der Waals surface area (Å²) in [4.78, 5) is 22.1. The van der Waals surface area contributed by atoms with E-state index in [0.717, 1.165) is 0 Å². The van der Waals surface area contributed by atoms with Crippen molar-refractivity contribution in [2.24, 2.45) is 5.73 Å². The molecule has 0 aromatic heterocycles. The van der Waals surface area contributed by atoms with E-state index in [1.54, 1.807) is 31.4 Å². The fraction of sp³-hybridized carbons (Fsp3) is 0.333. The smallest absolute Gasteiger partial charge is 0.321 e. The first kappa shape index (κ1) is 15.3. The number of carbonyl (C=O) groups excluding carboxylic acids is 1. The molecule has 0 aliphatic heterocycles. The first-order chi connectivity index (χ1) is 9.02. The summed E-state index contributed by atoms with van der Waals surface area (Å²) in [6.45, 7) is 0. The van der Waals surface area contributed by atoms with Crippen molar-refractivity contribution in [3.63, 3.8) is 0 Å². The van der Waals surface area contributed by atoms with Gasteiger partial charge in [0.05, 0.1) is 12.9 Å². The lowest BCUT2D eigenvalue weighted by atomic mass is 10.3. The number of methoxy groups -OCH3 is 1. The molecule has 1 rings (SSSR count). The average molecular weight is 284 g/mol. The van der Waals surface area contributed by atoms with Crippen molar-refractivity contribution in [1.29, 1.82) is 0 Å². The lowest BCUT2D eigenvalue weighted by molar-refractivity contribution is -0.137. The van der Waals surface area contributed by atoms with Crippen LogP contribution in [0.25, 0.3) is 0 Å². The van der Waals surface area contributed by atoms with Gasteiger partial charge < -0.3 is 20.9 Å². The first-order valence-corrected chi connectivity index (χ1v) is 6.68. The van der Waals surface area contributed by atoms with Gasteiger partial charge in [-0.25, -0.2) is 0 Å². The van der Waals surface area contributed by atoms with Crippen LogP contribution in [0.5, 0.6) is 5.75 Å². The normalized spacial score (nSPS) is 11.7. The van der Waals surface area contributed by atoms with E-state index in [0.29, 0.717) is 11.4 Å². The van der Waals surface area contributed by atoms with Gasteiger partial charge in [0, 0.05) is 17.5 Å². The molecule has 104 valence electrons. The number of anilines is 1. The summed E-state index contributed by atoms with van der Waals surface area (Å²) >= 11 is 1.18. The molecule has 1 atom stereocenters. The number of aliphatic carboxylic acids is 1. The van der Waals surface area contributed by atoms with Crippen molar-refractivity contribution < 1.29 is 19.4 Å². The van der Waals surface area contributed by atoms with Crippen LogP contribution in [0.15, 0.2) is 24.3 Å². The van der Waals surface area contributed by atoms with E-state index < -0.39 is 12.0 Å². The maximum atomic E-state index is 11.6. The Morgan fingerprint density at radius 1 is 1.53 bits per heavy atom. The third-order valence-corrected chi connectivity index (χ3v) is 3.26. The molecular weight excluding hydrogens is 268 g/mol. The Balaban J connectivity index is 2.36. The van der Waals surface area contributed by atoms with Crippen LogP contribution in [-0.4, -0.2) is 41.6 Å². The second-order valence-corrected chi connectivity index (χ2v) is 4.77. The Bertz CT molecular complexity index is 453. The highest BCUT2D eigenvalue weighted by molar-refractivity contribution is 8.00. The zero-order chi connectivity index (χ0) is 14.3. The third-order valence-electron chi connectivity index (χ3n) is 2.20. The molecule has 0 saturated heterocycles. The first-order valence-electron chi connectivity index (χ1n) is 5.53. The van der Waals surface area contributed by atoms with Gasteiger partial charge in [0.15, 0.2) is 0 Å². The maximum Gasteiger partial charge on any atom is 0.321 e. The summed E-state index contributed by atoms with van der Waals surface area (Å²) in [5, 5.41) is 11.3. The highest BCUT2D eigenvalue weighted by atomic mass is 32.2. The van der Waals surface area contributed by atoms with Crippen LogP contribution < -0.4 is 15.8 Å². The van der Waals surface area contributed by atoms with Gasteiger partial charge in [-0.2, -0.15) is 0 Å². The third kappa shape index (κ3) is 5.62. The van der Waals surface area contributed by atoms with E-state index in [2.05, 4.69) is 5.32 Å². The minimum atomic E-state index is -1.07. The van der Waals surface area contributed by atoms with Crippen molar-refractivity contribution in [3.05, 3.63) is 24.3 Å². The van der Waals surface area contributed by atoms with Crippen LogP contribution in [0, 0.1) is 0 Å². The highest BCUT2D eigenvalue weighted by Crippen LogP contribution is 2.16. The van der Waals surface area contributed by atoms with E-state index in [1.807, 2.05) is 0 Å². The van der Waals surface area contributed by atoms with Crippen molar-refractivity contribution >= 4 is 29.3 Å². The van der Waals surface area contributed by atoms with Crippen LogP contribution in [0.2, 0.25) is 0 Å². The number of benzene rings is 1. The molecule has 4 N–H and O–H groups in total. The maximum absolute atomic E-state index is 11.6. The van der Waals surface area contributed by atoms with Gasteiger partial charge in [-0.15, -0.1) is 11.8 Å². The number of carboxylic acid groups (broad SMARTS) is 1. The van der Waals surface area contributed by atoms with Gasteiger partial charge in [-0.3, -0.25) is 9.59 Å². The number of nitrogens with two attached hydrogens (primary N) is 1. The van der Waals surface area contributed by atoms with Crippen molar-refractivity contribution in [2.75, 3.05) is 23.9 Å². The fourth-order valence-electron chi connectivity index (χ4n) is 1.25. The van der Waals surface area contributed by atoms with Crippen LogP contribution in [0.1, 0.15) is 0 Å². The molecule has 0 spiro atoms. The predicted octanol–water partition coefficient (Wildman–Crippen LogP) is 0.779. The molecule has 1 amide bonds. The molecule has 0 radical (unpaired) electrons. The van der Waals surface area contributed by atoms with Crippen LogP contribution in [-0.2, 0) is 9.59 Å². The summed E-state index contributed by atoms with van der Waals surface area (Å²) in [5.74, 6) is -0.283. The van der Waals surface area contributed by atoms with Gasteiger partial charge in [-0.05, 0) is 12.1 Å².